The van der Waals surface area contributed by atoms with Crippen LogP contribution in [0.1, 0.15) is 22.7 Å². The molecule has 152 valence electrons. The summed E-state index contributed by atoms with van der Waals surface area (Å²) in [6, 6.07) is 8.36. The Morgan fingerprint density at radius 1 is 1.14 bits per heavy atom. The summed E-state index contributed by atoms with van der Waals surface area (Å²) in [6.45, 7) is 1.89. The molecule has 1 heterocycles. The first-order valence-electron chi connectivity index (χ1n) is 9.09. The highest BCUT2D eigenvalue weighted by molar-refractivity contribution is 6.00. The lowest BCUT2D eigenvalue weighted by Crippen LogP contribution is -2.43. The van der Waals surface area contributed by atoms with Crippen LogP contribution in [0.15, 0.2) is 48.2 Å². The van der Waals surface area contributed by atoms with E-state index in [2.05, 4.69) is 5.32 Å². The van der Waals surface area contributed by atoms with Gasteiger partial charge in [0.15, 0.2) is 17.3 Å². The van der Waals surface area contributed by atoms with E-state index in [1.54, 1.807) is 32.4 Å². The van der Waals surface area contributed by atoms with Crippen molar-refractivity contribution in [1.29, 1.82) is 0 Å². The molecule has 7 heteroatoms. The number of benzene rings is 2. The zero-order valence-electron chi connectivity index (χ0n) is 16.8. The third-order valence-corrected chi connectivity index (χ3v) is 4.95. The van der Waals surface area contributed by atoms with E-state index in [9.17, 15) is 14.0 Å². The van der Waals surface area contributed by atoms with Crippen LogP contribution in [0.25, 0.3) is 0 Å². The number of ether oxygens (including phenoxy) is 2. The minimum absolute atomic E-state index is 0.124. The van der Waals surface area contributed by atoms with Crippen molar-refractivity contribution in [2.45, 2.75) is 19.4 Å². The molecule has 0 saturated carbocycles. The first-order chi connectivity index (χ1) is 13.8. The molecule has 0 fully saturated rings. The summed E-state index contributed by atoms with van der Waals surface area (Å²) in [7, 11) is 4.67. The molecular formula is C22H23FN2O4. The van der Waals surface area contributed by atoms with Crippen molar-refractivity contribution in [2.24, 2.45) is 0 Å². The van der Waals surface area contributed by atoms with Crippen LogP contribution in [0.4, 0.5) is 9.18 Å². The van der Waals surface area contributed by atoms with E-state index in [-0.39, 0.29) is 24.1 Å². The van der Waals surface area contributed by atoms with Gasteiger partial charge in [0.2, 0.25) is 0 Å². The summed E-state index contributed by atoms with van der Waals surface area (Å²) in [6.07, 6.45) is 1.66. The van der Waals surface area contributed by atoms with Crippen molar-refractivity contribution >= 4 is 11.8 Å². The largest absolute Gasteiger partial charge is 0.493 e. The van der Waals surface area contributed by atoms with Gasteiger partial charge in [-0.3, -0.25) is 4.79 Å². The van der Waals surface area contributed by atoms with Crippen molar-refractivity contribution < 1.29 is 23.5 Å². The molecule has 2 amide bonds. The van der Waals surface area contributed by atoms with E-state index in [0.717, 1.165) is 11.1 Å². The lowest BCUT2D eigenvalue weighted by atomic mass is 9.91. The molecule has 6 nitrogen and oxygen atoms in total. The van der Waals surface area contributed by atoms with E-state index in [4.69, 9.17) is 9.47 Å². The number of aryl methyl sites for hydroxylation is 1. The number of carbonyl (C=O) groups is 2. The smallest absolute Gasteiger partial charge is 0.321 e. The van der Waals surface area contributed by atoms with Crippen LogP contribution < -0.4 is 14.8 Å². The Morgan fingerprint density at radius 3 is 2.38 bits per heavy atom. The Balaban J connectivity index is 1.94. The molecule has 1 atom stereocenters. The zero-order chi connectivity index (χ0) is 21.1. The maximum atomic E-state index is 13.3. The van der Waals surface area contributed by atoms with Crippen LogP contribution in [0.3, 0.4) is 0 Å². The third-order valence-electron chi connectivity index (χ3n) is 4.95. The Kier molecular flexibility index (Phi) is 5.87. The molecule has 2 aromatic carbocycles. The van der Waals surface area contributed by atoms with Gasteiger partial charge in [-0.15, -0.1) is 0 Å². The lowest BCUT2D eigenvalue weighted by molar-refractivity contribution is -0.115. The summed E-state index contributed by atoms with van der Waals surface area (Å²) in [5.41, 5.74) is 2.75. The van der Waals surface area contributed by atoms with Gasteiger partial charge in [0.05, 0.1) is 20.3 Å². The highest BCUT2D eigenvalue weighted by atomic mass is 19.1. The van der Waals surface area contributed by atoms with Gasteiger partial charge >= 0.3 is 6.03 Å². The zero-order valence-corrected chi connectivity index (χ0v) is 16.8. The number of amides is 2. The number of hydrogen-bond acceptors (Lipinski definition) is 4. The molecule has 0 aliphatic carbocycles. The van der Waals surface area contributed by atoms with Gasteiger partial charge in [0.25, 0.3) is 0 Å². The average molecular weight is 398 g/mol. The van der Waals surface area contributed by atoms with Crippen LogP contribution in [0.5, 0.6) is 11.5 Å². The maximum absolute atomic E-state index is 13.3. The minimum Gasteiger partial charge on any atom is -0.493 e. The topological polar surface area (TPSA) is 67.9 Å². The monoisotopic (exact) mass is 398 g/mol. The Labute approximate surface area is 168 Å². The molecule has 1 aliphatic heterocycles. The summed E-state index contributed by atoms with van der Waals surface area (Å²) in [4.78, 5) is 26.6. The molecule has 1 aliphatic rings. The van der Waals surface area contributed by atoms with Gasteiger partial charge in [-0.2, -0.15) is 0 Å². The van der Waals surface area contributed by atoms with Crippen molar-refractivity contribution in [2.75, 3.05) is 21.3 Å². The number of nitrogens with zero attached hydrogens (tertiary/aromatic N) is 1. The van der Waals surface area contributed by atoms with Crippen molar-refractivity contribution in [1.82, 2.24) is 10.2 Å². The molecule has 29 heavy (non-hydrogen) atoms. The van der Waals surface area contributed by atoms with Crippen LogP contribution in [-0.4, -0.2) is 38.0 Å². The maximum Gasteiger partial charge on any atom is 0.321 e. The second-order valence-electron chi connectivity index (χ2n) is 6.86. The molecule has 0 radical (unpaired) electrons. The molecule has 1 N–H and O–H groups in total. The van der Waals surface area contributed by atoms with Crippen LogP contribution in [0.2, 0.25) is 0 Å². The van der Waals surface area contributed by atoms with Gasteiger partial charge in [-0.25, -0.2) is 9.18 Å². The molecule has 0 spiro atoms. The number of halogens is 1. The normalized spacial score (nSPS) is 16.2. The first-order valence-corrected chi connectivity index (χ1v) is 9.09. The second kappa shape index (κ2) is 8.34. The minimum atomic E-state index is -0.646. The molecule has 0 aromatic heterocycles. The summed E-state index contributed by atoms with van der Waals surface area (Å²) in [5, 5.41) is 2.80. The Morgan fingerprint density at radius 2 is 1.76 bits per heavy atom. The number of ketones is 1. The Bertz CT molecular complexity index is 970. The fourth-order valence-electron chi connectivity index (χ4n) is 3.28. The number of rotatable bonds is 6. The van der Waals surface area contributed by atoms with Gasteiger partial charge in [-0.05, 0) is 47.9 Å². The number of nitrogens with one attached hydrogen (secondary N) is 1. The fourth-order valence-corrected chi connectivity index (χ4v) is 3.28. The predicted octanol–water partition coefficient (Wildman–Crippen LogP) is 3.54. The number of urea groups is 1. The number of Topliss-reactive ketones (excluding diaryl/α,β-unsaturated/α-hetero) is 1. The van der Waals surface area contributed by atoms with Gasteiger partial charge in [-0.1, -0.05) is 12.1 Å². The quantitative estimate of drug-likeness (QED) is 0.808. The van der Waals surface area contributed by atoms with E-state index < -0.39 is 6.04 Å². The number of hydrogen-bond donors (Lipinski definition) is 1. The van der Waals surface area contributed by atoms with Gasteiger partial charge < -0.3 is 19.7 Å². The first kappa shape index (κ1) is 20.4. The van der Waals surface area contributed by atoms with E-state index in [1.807, 2.05) is 13.0 Å². The van der Waals surface area contributed by atoms with E-state index in [0.29, 0.717) is 22.6 Å². The van der Waals surface area contributed by atoms with E-state index in [1.165, 1.54) is 30.3 Å². The lowest BCUT2D eigenvalue weighted by Gasteiger charge is -2.30. The second-order valence-corrected chi connectivity index (χ2v) is 6.86. The van der Waals surface area contributed by atoms with Crippen molar-refractivity contribution in [3.8, 4) is 11.5 Å². The third kappa shape index (κ3) is 4.23. The molecular weight excluding hydrogens is 375 g/mol. The molecule has 0 unspecified atom stereocenters. The van der Waals surface area contributed by atoms with Crippen molar-refractivity contribution in [3.63, 3.8) is 0 Å². The summed E-state index contributed by atoms with van der Waals surface area (Å²) >= 11 is 0. The average Bonchev–Trinajstić information content (AvgIpc) is 2.71. The SMILES string of the molecule is COc1cc(C)c(CC(=O)C2=CN(C)C(=O)N[C@H]2c2ccc(F)cc2)cc1OC. The fraction of sp³-hybridized carbons (Fsp3) is 0.273. The molecule has 2 aromatic rings. The Hall–Kier alpha value is -3.35. The van der Waals surface area contributed by atoms with Crippen LogP contribution in [-0.2, 0) is 11.2 Å². The number of methoxy groups -OCH3 is 2. The van der Waals surface area contributed by atoms with Crippen LogP contribution in [0, 0.1) is 12.7 Å². The summed E-state index contributed by atoms with van der Waals surface area (Å²) < 4.78 is 24.0. The van der Waals surface area contributed by atoms with Crippen LogP contribution >= 0.6 is 0 Å². The highest BCUT2D eigenvalue weighted by Gasteiger charge is 2.30. The standard InChI is InChI=1S/C22H23FN2O4/c1-13-9-19(28-3)20(29-4)11-15(13)10-18(26)17-12-25(2)22(27)24-21(17)14-5-7-16(23)8-6-14/h5-9,11-12,21H,10H2,1-4H3,(H,24,27)/t21-/m0/s1. The van der Waals surface area contributed by atoms with E-state index >= 15 is 0 Å². The number of carbonyl (C=O) groups excluding carboxylic acids is 2. The highest BCUT2D eigenvalue weighted by Crippen LogP contribution is 2.32. The molecule has 0 bridgehead atoms. The predicted molar refractivity (Wildman–Crippen MR) is 107 cm³/mol. The van der Waals surface area contributed by atoms with Gasteiger partial charge in [0, 0.05) is 25.2 Å². The summed E-state index contributed by atoms with van der Waals surface area (Å²) in [5.74, 6) is 0.598. The van der Waals surface area contributed by atoms with Gasteiger partial charge in [0.1, 0.15) is 5.82 Å². The molecule has 3 rings (SSSR count). The van der Waals surface area contributed by atoms with Crippen molar-refractivity contribution in [3.05, 3.63) is 70.7 Å². The molecule has 0 saturated heterocycles.